The number of ether oxygens (including phenoxy) is 1. The van der Waals surface area contributed by atoms with E-state index in [9.17, 15) is 4.79 Å². The van der Waals surface area contributed by atoms with Gasteiger partial charge in [0.1, 0.15) is 11.5 Å². The van der Waals surface area contributed by atoms with Gasteiger partial charge in [0.25, 0.3) is 0 Å². The Balaban J connectivity index is 0.00000192. The van der Waals surface area contributed by atoms with Gasteiger partial charge in [0.2, 0.25) is 0 Å². The fraction of sp³-hybridized carbons (Fsp3) is 0.316. The minimum atomic E-state index is 0. The van der Waals surface area contributed by atoms with Crippen LogP contribution >= 0.6 is 12.4 Å². The topological polar surface area (TPSA) is 38.3 Å². The number of carbonyl (C=O) groups is 1. The van der Waals surface area contributed by atoms with Crippen LogP contribution in [-0.4, -0.2) is 18.4 Å². The Bertz CT molecular complexity index is 607. The van der Waals surface area contributed by atoms with Gasteiger partial charge in [0.05, 0.1) is 6.54 Å². The van der Waals surface area contributed by atoms with Crippen LogP contribution in [0.3, 0.4) is 0 Å². The van der Waals surface area contributed by atoms with E-state index in [-0.39, 0.29) is 18.2 Å². The first-order chi connectivity index (χ1) is 10.8. The van der Waals surface area contributed by atoms with Gasteiger partial charge >= 0.3 is 0 Å². The lowest BCUT2D eigenvalue weighted by atomic mass is 10.1. The van der Waals surface area contributed by atoms with E-state index in [0.717, 1.165) is 17.1 Å². The summed E-state index contributed by atoms with van der Waals surface area (Å²) in [6, 6.07) is 17.5. The van der Waals surface area contributed by atoms with E-state index in [2.05, 4.69) is 5.32 Å². The highest BCUT2D eigenvalue weighted by Gasteiger charge is 2.15. The Hall–Kier alpha value is -1.84. The van der Waals surface area contributed by atoms with Crippen molar-refractivity contribution in [3.05, 3.63) is 60.2 Å². The zero-order valence-corrected chi connectivity index (χ0v) is 13.9. The first-order valence-electron chi connectivity index (χ1n) is 7.91. The molecule has 2 aromatic rings. The number of hydrogen-bond donors (Lipinski definition) is 1. The second-order valence-corrected chi connectivity index (χ2v) is 5.72. The van der Waals surface area contributed by atoms with Crippen molar-refractivity contribution in [1.82, 2.24) is 5.32 Å². The molecule has 0 unspecified atom stereocenters. The van der Waals surface area contributed by atoms with Gasteiger partial charge in [-0.3, -0.25) is 4.79 Å². The third kappa shape index (κ3) is 5.08. The molecule has 3 rings (SSSR count). The Morgan fingerprint density at radius 2 is 1.57 bits per heavy atom. The summed E-state index contributed by atoms with van der Waals surface area (Å²) in [5.74, 6) is 1.68. The molecule has 1 fully saturated rings. The minimum absolute atomic E-state index is 0. The average Bonchev–Trinajstić information content (AvgIpc) is 3.08. The summed E-state index contributed by atoms with van der Waals surface area (Å²) >= 11 is 0. The summed E-state index contributed by atoms with van der Waals surface area (Å²) in [6.07, 6.45) is 4.93. The summed E-state index contributed by atoms with van der Waals surface area (Å²) in [4.78, 5) is 12.2. The molecule has 0 spiro atoms. The predicted octanol–water partition coefficient (Wildman–Crippen LogP) is 4.62. The van der Waals surface area contributed by atoms with Crippen molar-refractivity contribution >= 4 is 18.2 Å². The number of carbonyl (C=O) groups excluding carboxylic acids is 1. The van der Waals surface area contributed by atoms with Crippen molar-refractivity contribution in [3.8, 4) is 11.5 Å². The Morgan fingerprint density at radius 1 is 0.957 bits per heavy atom. The highest BCUT2D eigenvalue weighted by molar-refractivity contribution is 5.97. The van der Waals surface area contributed by atoms with Crippen molar-refractivity contribution in [2.45, 2.75) is 31.7 Å². The zero-order chi connectivity index (χ0) is 15.2. The molecule has 3 nitrogen and oxygen atoms in total. The van der Waals surface area contributed by atoms with Crippen LogP contribution in [0.2, 0.25) is 0 Å². The summed E-state index contributed by atoms with van der Waals surface area (Å²) in [6.45, 7) is 0.420. The van der Waals surface area contributed by atoms with Gasteiger partial charge in [-0.25, -0.2) is 0 Å². The van der Waals surface area contributed by atoms with Crippen LogP contribution in [0.4, 0.5) is 0 Å². The predicted molar refractivity (Wildman–Crippen MR) is 94.8 cm³/mol. The van der Waals surface area contributed by atoms with Crippen molar-refractivity contribution in [2.24, 2.45) is 0 Å². The van der Waals surface area contributed by atoms with Gasteiger partial charge in [-0.05, 0) is 49.2 Å². The summed E-state index contributed by atoms with van der Waals surface area (Å²) in [7, 11) is 0. The molecule has 1 aliphatic rings. The highest BCUT2D eigenvalue weighted by atomic mass is 35.5. The first-order valence-corrected chi connectivity index (χ1v) is 7.91. The summed E-state index contributed by atoms with van der Waals surface area (Å²) in [5, 5.41) is 3.35. The highest BCUT2D eigenvalue weighted by Crippen LogP contribution is 2.21. The van der Waals surface area contributed by atoms with Crippen LogP contribution in [0, 0.1) is 0 Å². The first kappa shape index (κ1) is 17.5. The number of halogens is 1. The molecule has 23 heavy (non-hydrogen) atoms. The number of rotatable bonds is 6. The quantitative estimate of drug-likeness (QED) is 0.785. The van der Waals surface area contributed by atoms with Gasteiger partial charge < -0.3 is 10.1 Å². The van der Waals surface area contributed by atoms with Crippen molar-refractivity contribution in [1.29, 1.82) is 0 Å². The van der Waals surface area contributed by atoms with Crippen molar-refractivity contribution < 1.29 is 9.53 Å². The normalized spacial score (nSPS) is 14.3. The lowest BCUT2D eigenvalue weighted by molar-refractivity contribution is 0.0987. The van der Waals surface area contributed by atoms with E-state index in [1.807, 2.05) is 54.6 Å². The molecule has 2 aromatic carbocycles. The van der Waals surface area contributed by atoms with E-state index < -0.39 is 0 Å². The molecule has 122 valence electrons. The number of benzene rings is 2. The Morgan fingerprint density at radius 3 is 2.22 bits per heavy atom. The molecule has 1 saturated carbocycles. The van der Waals surface area contributed by atoms with Gasteiger partial charge in [-0.1, -0.05) is 31.0 Å². The maximum Gasteiger partial charge on any atom is 0.176 e. The largest absolute Gasteiger partial charge is 0.457 e. The molecule has 0 aromatic heterocycles. The van der Waals surface area contributed by atoms with Crippen molar-refractivity contribution in [3.63, 3.8) is 0 Å². The number of hydrogen-bond acceptors (Lipinski definition) is 3. The van der Waals surface area contributed by atoms with E-state index in [1.165, 1.54) is 25.7 Å². The molecule has 4 heteroatoms. The molecule has 0 radical (unpaired) electrons. The molecule has 0 bridgehead atoms. The van der Waals surface area contributed by atoms with Gasteiger partial charge in [-0.2, -0.15) is 0 Å². The smallest absolute Gasteiger partial charge is 0.176 e. The van der Waals surface area contributed by atoms with Crippen LogP contribution in [0.5, 0.6) is 11.5 Å². The van der Waals surface area contributed by atoms with Gasteiger partial charge in [0, 0.05) is 11.6 Å². The molecule has 0 amide bonds. The minimum Gasteiger partial charge on any atom is -0.457 e. The molecule has 1 N–H and O–H groups in total. The maximum atomic E-state index is 12.2. The van der Waals surface area contributed by atoms with Crippen LogP contribution in [0.1, 0.15) is 36.0 Å². The second-order valence-electron chi connectivity index (χ2n) is 5.72. The number of ketones is 1. The lowest BCUT2D eigenvalue weighted by Gasteiger charge is -2.11. The Kier molecular flexibility index (Phi) is 6.63. The van der Waals surface area contributed by atoms with E-state index in [4.69, 9.17) is 4.74 Å². The van der Waals surface area contributed by atoms with E-state index >= 15 is 0 Å². The molecule has 0 aliphatic heterocycles. The third-order valence-corrected chi connectivity index (χ3v) is 4.06. The fourth-order valence-corrected chi connectivity index (χ4v) is 2.80. The summed E-state index contributed by atoms with van der Waals surface area (Å²) in [5.41, 5.74) is 0.728. The van der Waals surface area contributed by atoms with E-state index in [1.54, 1.807) is 0 Å². The van der Waals surface area contributed by atoms with Crippen molar-refractivity contribution in [2.75, 3.05) is 6.54 Å². The molecule has 1 aliphatic carbocycles. The lowest BCUT2D eigenvalue weighted by Crippen LogP contribution is -2.31. The molecule has 0 heterocycles. The van der Waals surface area contributed by atoms with Crippen LogP contribution < -0.4 is 10.1 Å². The molecular formula is C19H22ClNO2. The number of para-hydroxylation sites is 1. The molecular weight excluding hydrogens is 310 g/mol. The van der Waals surface area contributed by atoms with E-state index in [0.29, 0.717) is 12.6 Å². The monoisotopic (exact) mass is 331 g/mol. The van der Waals surface area contributed by atoms with Crippen LogP contribution in [0.15, 0.2) is 54.6 Å². The van der Waals surface area contributed by atoms with Gasteiger partial charge in [-0.15, -0.1) is 12.4 Å². The van der Waals surface area contributed by atoms with Gasteiger partial charge in [0.15, 0.2) is 5.78 Å². The standard InChI is InChI=1S/C19H21NO2.ClH/c21-19(14-20-16-6-4-5-7-16)15-10-12-18(13-11-15)22-17-8-2-1-3-9-17;/h1-3,8-13,16,20H,4-7,14H2;1H. The molecule has 0 saturated heterocycles. The average molecular weight is 332 g/mol. The molecule has 0 atom stereocenters. The SMILES string of the molecule is Cl.O=C(CNC1CCCC1)c1ccc(Oc2ccccc2)cc1. The Labute approximate surface area is 143 Å². The third-order valence-electron chi connectivity index (χ3n) is 4.06. The number of nitrogens with one attached hydrogen (secondary N) is 1. The van der Waals surface area contributed by atoms with Crippen LogP contribution in [0.25, 0.3) is 0 Å². The summed E-state index contributed by atoms with van der Waals surface area (Å²) < 4.78 is 5.73. The second kappa shape index (κ2) is 8.70. The maximum absolute atomic E-state index is 12.2. The van der Waals surface area contributed by atoms with Crippen LogP contribution in [-0.2, 0) is 0 Å². The number of Topliss-reactive ketones (excluding diaryl/α,β-unsaturated/α-hetero) is 1. The fourth-order valence-electron chi connectivity index (χ4n) is 2.80. The zero-order valence-electron chi connectivity index (χ0n) is 13.0.